The Hall–Kier alpha value is -2.54. The average molecular weight is 884 g/mol. The number of halogens is 4. The first-order valence-electron chi connectivity index (χ1n) is 19.9. The fourth-order valence-corrected chi connectivity index (χ4v) is 9.25. The van der Waals surface area contributed by atoms with Gasteiger partial charge in [-0.1, -0.05) is 35.3 Å². The molecule has 59 heavy (non-hydrogen) atoms. The zero-order valence-corrected chi connectivity index (χ0v) is 39.5. The zero-order chi connectivity index (χ0) is 40.3. The Balaban J connectivity index is 0.000000344. The number of ether oxygens (including phenoxy) is 2. The van der Waals surface area contributed by atoms with Crippen molar-refractivity contribution < 1.29 is 37.9 Å². The molecule has 0 amide bonds. The van der Waals surface area contributed by atoms with Crippen molar-refractivity contribution in [1.29, 1.82) is 0 Å². The predicted molar refractivity (Wildman–Crippen MR) is 236 cm³/mol. The monoisotopic (exact) mass is 881 g/mol. The number of carbonyl (C=O) groups is 1. The molecule has 13 heteroatoms. The van der Waals surface area contributed by atoms with Crippen LogP contribution in [-0.2, 0) is 31.3 Å². The van der Waals surface area contributed by atoms with Gasteiger partial charge in [0, 0.05) is 35.3 Å². The second-order valence-electron chi connectivity index (χ2n) is 16.0. The second-order valence-corrected chi connectivity index (χ2v) is 16.8. The molecule has 2 aromatic heterocycles. The predicted octanol–water partition coefficient (Wildman–Crippen LogP) is 5.66. The number of methoxy groups -OCH3 is 2. The summed E-state index contributed by atoms with van der Waals surface area (Å²) in [4.78, 5) is 26.7. The zero-order valence-electron chi connectivity index (χ0n) is 35.8. The number of aryl methyl sites for hydroxylation is 6. The van der Waals surface area contributed by atoms with Gasteiger partial charge in [0.1, 0.15) is 22.8 Å². The molecule has 8 nitrogen and oxygen atoms in total. The van der Waals surface area contributed by atoms with Crippen LogP contribution in [0.25, 0.3) is 0 Å². The van der Waals surface area contributed by atoms with E-state index < -0.39 is 5.60 Å². The number of likely N-dealkylation sites (tertiary alicyclic amines) is 2. The number of piperidine rings is 2. The van der Waals surface area contributed by atoms with E-state index in [-0.39, 0.29) is 53.3 Å². The molecule has 318 valence electrons. The third kappa shape index (κ3) is 10.7. The van der Waals surface area contributed by atoms with E-state index in [0.29, 0.717) is 27.8 Å². The van der Waals surface area contributed by atoms with E-state index >= 15 is 0 Å². The van der Waals surface area contributed by atoms with Gasteiger partial charge in [-0.3, -0.25) is 19.5 Å². The molecule has 1 N–H and O–H groups in total. The molecule has 0 bridgehead atoms. The first kappa shape index (κ1) is 50.8. The topological polar surface area (TPSA) is 88.0 Å². The molecule has 4 heterocycles. The quantitative estimate of drug-likeness (QED) is 0.209. The van der Waals surface area contributed by atoms with E-state index in [4.69, 9.17) is 37.7 Å². The fraction of sp³-hybridized carbons (Fsp3) is 0.478. The van der Waals surface area contributed by atoms with E-state index in [1.807, 2.05) is 45.2 Å². The summed E-state index contributed by atoms with van der Waals surface area (Å²) in [5.74, 6) is 1.26. The van der Waals surface area contributed by atoms with Crippen molar-refractivity contribution in [3.8, 4) is 11.5 Å². The number of rotatable bonds is 3. The summed E-state index contributed by atoms with van der Waals surface area (Å²) < 4.78 is 11.2. The van der Waals surface area contributed by atoms with E-state index in [9.17, 15) is 9.90 Å². The average Bonchev–Trinajstić information content (AvgIpc) is 3.41. The number of pyridine rings is 2. The summed E-state index contributed by atoms with van der Waals surface area (Å²) >= 11 is 13.2. The Labute approximate surface area is 384 Å². The van der Waals surface area contributed by atoms with Gasteiger partial charge in [0.15, 0.2) is 0 Å². The molecular weight excluding hydrogens is 822 g/mol. The van der Waals surface area contributed by atoms with Crippen LogP contribution in [0.1, 0.15) is 98.9 Å². The molecule has 8 rings (SSSR count). The Morgan fingerprint density at radius 1 is 0.780 bits per heavy atom. The maximum absolute atomic E-state index is 12.9. The normalized spacial score (nSPS) is 18.7. The number of nitrogens with zero attached hydrogens (tertiary/aromatic N) is 4. The Morgan fingerprint density at radius 2 is 1.29 bits per heavy atom. The van der Waals surface area contributed by atoms with E-state index in [0.717, 1.165) is 112 Å². The Kier molecular flexibility index (Phi) is 18.9. The van der Waals surface area contributed by atoms with Crippen LogP contribution in [-0.4, -0.2) is 108 Å². The van der Waals surface area contributed by atoms with Crippen LogP contribution in [0.15, 0.2) is 36.7 Å². The van der Waals surface area contributed by atoms with Crippen molar-refractivity contribution >= 4 is 52.0 Å². The number of benzene rings is 2. The van der Waals surface area contributed by atoms with Crippen LogP contribution < -0.4 is 21.9 Å². The first-order valence-corrected chi connectivity index (χ1v) is 20.6. The first-order chi connectivity index (χ1) is 26.8. The summed E-state index contributed by atoms with van der Waals surface area (Å²) in [7, 11) is 7.56. The smallest absolute Gasteiger partial charge is 1.00 e. The van der Waals surface area contributed by atoms with Crippen molar-refractivity contribution in [3.63, 3.8) is 0 Å². The number of aromatic nitrogens is 2. The van der Waals surface area contributed by atoms with Crippen molar-refractivity contribution in [3.05, 3.63) is 120 Å². The summed E-state index contributed by atoms with van der Waals surface area (Å²) in [6.45, 7) is 12.4. The summed E-state index contributed by atoms with van der Waals surface area (Å²) in [6.07, 6.45) is 13.4. The summed E-state index contributed by atoms with van der Waals surface area (Å²) in [6, 6.07) is 7.97. The number of fused-ring (bicyclic) bond motifs is 4. The van der Waals surface area contributed by atoms with Gasteiger partial charge in [-0.15, -0.1) is 0 Å². The van der Waals surface area contributed by atoms with Crippen molar-refractivity contribution in [2.24, 2.45) is 5.92 Å². The fourth-order valence-electron chi connectivity index (χ4n) is 8.76. The number of hydrogen-bond acceptors (Lipinski definition) is 8. The van der Waals surface area contributed by atoms with E-state index in [2.05, 4.69) is 48.3 Å². The maximum atomic E-state index is 12.9. The van der Waals surface area contributed by atoms with Crippen LogP contribution in [0.3, 0.4) is 0 Å². The number of aliphatic hydroxyl groups is 1. The van der Waals surface area contributed by atoms with Crippen LogP contribution in [0.5, 0.6) is 11.5 Å². The van der Waals surface area contributed by atoms with E-state index in [1.54, 1.807) is 20.4 Å². The van der Waals surface area contributed by atoms with Crippen molar-refractivity contribution in [2.75, 3.05) is 54.5 Å². The van der Waals surface area contributed by atoms with Crippen LogP contribution >= 0.6 is 23.2 Å². The minimum Gasteiger partial charge on any atom is -1.00 e. The molecule has 1 unspecified atom stereocenters. The SMILES string of the molecule is CN1CC[CH-]CC1.COc1cc(C)c(Cl)c2c1C(=O)c1ncc(C)cc1CC2.COc1cc(C)c(Cl)c2c1C(O)(C1CCN(C)CC1)c1ncc(C)cc1CC2.F.[2HH].[Cl-].[Mg+2]. The third-order valence-electron chi connectivity index (χ3n) is 11.9. The van der Waals surface area contributed by atoms with E-state index in [1.165, 1.54) is 25.9 Å². The van der Waals surface area contributed by atoms with Crippen LogP contribution in [0.4, 0.5) is 4.70 Å². The second kappa shape index (κ2) is 22.0. The van der Waals surface area contributed by atoms with Gasteiger partial charge in [-0.25, -0.2) is 0 Å². The number of hydrogen-bond donors (Lipinski definition) is 1. The standard InChI is InChI=1S/C23H29ClN2O2.C17H16ClNO2.C6H12N.ClH.FH.Mg.H2/c1-14-11-16-5-6-18-20(19(28-4)12-15(2)21(18)24)23(27,22(16)25-13-14)17-7-9-26(3)10-8-17;1-9-6-11-4-5-12-14(17(20)16(11)19-8-9)13(21-3)7-10(2)15(12)18;1-7-5-3-2-4-6-7;;;;/h11-13,17,27H,5-10H2,1-4H3;6-8H,4-5H2,1-3H3;2H,3-6H2,1H3;2*1H;;1H/q;;-1;;;+2;/p-1/i;;;;;;1+1. The Morgan fingerprint density at radius 3 is 1.86 bits per heavy atom. The third-order valence-corrected chi connectivity index (χ3v) is 12.9. The van der Waals surface area contributed by atoms with Gasteiger partial charge in [-0.05, 0) is 163 Å². The minimum absolute atomic E-state index is 0. The van der Waals surface area contributed by atoms with Gasteiger partial charge < -0.3 is 43.2 Å². The van der Waals surface area contributed by atoms with Gasteiger partial charge in [0.05, 0.1) is 25.5 Å². The summed E-state index contributed by atoms with van der Waals surface area (Å²) in [5.41, 5.74) is 9.55. The molecule has 4 aliphatic rings. The van der Waals surface area contributed by atoms with Gasteiger partial charge in [0.2, 0.25) is 5.78 Å². The van der Waals surface area contributed by atoms with Crippen LogP contribution in [0, 0.1) is 40.0 Å². The molecule has 0 saturated carbocycles. The summed E-state index contributed by atoms with van der Waals surface area (Å²) in [5, 5.41) is 13.9. The molecule has 2 aliphatic carbocycles. The van der Waals surface area contributed by atoms with Gasteiger partial charge >= 0.3 is 23.1 Å². The maximum Gasteiger partial charge on any atom is 2.00 e. The number of ketones is 1. The molecule has 2 fully saturated rings. The molecule has 2 saturated heterocycles. The van der Waals surface area contributed by atoms with Crippen LogP contribution in [0.2, 0.25) is 10.0 Å². The molecule has 1 atom stereocenters. The molecule has 4 aromatic rings. The number of carbonyl (C=O) groups excluding carboxylic acids is 1. The largest absolute Gasteiger partial charge is 2.00 e. The molecule has 2 aromatic carbocycles. The molecule has 0 spiro atoms. The molecular formula is C46H60Cl3FMgN4O4. The van der Waals surface area contributed by atoms with Gasteiger partial charge in [0.25, 0.3) is 0 Å². The van der Waals surface area contributed by atoms with Crippen molar-refractivity contribution in [2.45, 2.75) is 84.7 Å². The van der Waals surface area contributed by atoms with Gasteiger partial charge in [-0.2, -0.15) is 12.8 Å². The molecule has 2 aliphatic heterocycles. The Bertz CT molecular complexity index is 2100. The minimum atomic E-state index is -1.20. The molecule has 0 radical (unpaired) electrons. The van der Waals surface area contributed by atoms with Crippen molar-refractivity contribution in [1.82, 2.24) is 19.8 Å².